The van der Waals surface area contributed by atoms with Gasteiger partial charge in [-0.15, -0.1) is 0 Å². The molecule has 1 aliphatic carbocycles. The van der Waals surface area contributed by atoms with Gasteiger partial charge in [0.1, 0.15) is 0 Å². The first kappa shape index (κ1) is 15.8. The zero-order valence-corrected chi connectivity index (χ0v) is 16.4. The standard InChI is InChI=1S/C12H24ClN2OPSi2/c1-18(2,3)12(19(4,5)6)15-14-11(17(12)13)9-7-8-10(11)16/h7-9H2,1-6H3/t11-,17+/m1/s1. The van der Waals surface area contributed by atoms with Crippen LogP contribution in [0.2, 0.25) is 39.3 Å². The van der Waals surface area contributed by atoms with Crippen LogP contribution in [0.15, 0.2) is 10.2 Å². The number of azo groups is 1. The van der Waals surface area contributed by atoms with Crippen LogP contribution in [-0.4, -0.2) is 31.7 Å². The summed E-state index contributed by atoms with van der Waals surface area (Å²) in [5.41, 5.74) is 0. The molecule has 2 aliphatic rings. The maximum Gasteiger partial charge on any atom is 0.174 e. The second kappa shape index (κ2) is 4.46. The topological polar surface area (TPSA) is 41.8 Å². The van der Waals surface area contributed by atoms with E-state index >= 15 is 0 Å². The maximum absolute atomic E-state index is 12.4. The van der Waals surface area contributed by atoms with E-state index in [9.17, 15) is 4.79 Å². The summed E-state index contributed by atoms with van der Waals surface area (Å²) < 4.78 is -0.170. The van der Waals surface area contributed by atoms with E-state index in [0.717, 1.165) is 12.8 Å². The predicted octanol–water partition coefficient (Wildman–Crippen LogP) is 4.99. The Kier molecular flexibility index (Phi) is 3.71. The highest BCUT2D eigenvalue weighted by molar-refractivity contribution is 7.91. The van der Waals surface area contributed by atoms with Gasteiger partial charge in [0, 0.05) is 6.42 Å². The van der Waals surface area contributed by atoms with E-state index in [4.69, 9.17) is 16.4 Å². The minimum Gasteiger partial charge on any atom is -0.296 e. The number of halogens is 1. The molecule has 0 saturated heterocycles. The minimum absolute atomic E-state index is 0.170. The monoisotopic (exact) mass is 334 g/mol. The van der Waals surface area contributed by atoms with E-state index < -0.39 is 28.7 Å². The van der Waals surface area contributed by atoms with Crippen molar-refractivity contribution < 1.29 is 4.79 Å². The quantitative estimate of drug-likeness (QED) is 0.518. The van der Waals surface area contributed by atoms with Gasteiger partial charge < -0.3 is 0 Å². The smallest absolute Gasteiger partial charge is 0.174 e. The molecule has 0 aromatic heterocycles. The molecule has 1 fully saturated rings. The van der Waals surface area contributed by atoms with Crippen molar-refractivity contribution in [2.45, 2.75) is 68.4 Å². The summed E-state index contributed by atoms with van der Waals surface area (Å²) in [6.07, 6.45) is 2.39. The molecule has 0 amide bonds. The van der Waals surface area contributed by atoms with Gasteiger partial charge in [-0.1, -0.05) is 50.5 Å². The fourth-order valence-electron chi connectivity index (χ4n) is 3.66. The first-order chi connectivity index (χ1) is 8.49. The Labute approximate surface area is 124 Å². The Morgan fingerprint density at radius 2 is 1.63 bits per heavy atom. The van der Waals surface area contributed by atoms with Gasteiger partial charge in [-0.05, 0) is 12.8 Å². The number of carbonyl (C=O) groups excluding carboxylic acids is 1. The van der Waals surface area contributed by atoms with E-state index in [1.807, 2.05) is 0 Å². The third-order valence-electron chi connectivity index (χ3n) is 4.44. The number of carbonyl (C=O) groups is 1. The average molecular weight is 335 g/mol. The fourth-order valence-corrected chi connectivity index (χ4v) is 26.0. The van der Waals surface area contributed by atoms with Crippen molar-refractivity contribution in [1.82, 2.24) is 0 Å². The highest BCUT2D eigenvalue weighted by atomic mass is 35.7. The van der Waals surface area contributed by atoms with Crippen LogP contribution in [0.4, 0.5) is 0 Å². The summed E-state index contributed by atoms with van der Waals surface area (Å²) in [5, 5.41) is 8.73. The molecular weight excluding hydrogens is 311 g/mol. The molecule has 3 nitrogen and oxygen atoms in total. The molecule has 0 bridgehead atoms. The van der Waals surface area contributed by atoms with Crippen molar-refractivity contribution in [1.29, 1.82) is 0 Å². The fraction of sp³-hybridized carbons (Fsp3) is 0.917. The summed E-state index contributed by atoms with van der Waals surface area (Å²) in [7, 11) is -4.30. The van der Waals surface area contributed by atoms with Crippen LogP contribution in [0, 0.1) is 0 Å². The predicted molar refractivity (Wildman–Crippen MR) is 88.6 cm³/mol. The second-order valence-corrected chi connectivity index (χ2v) is 22.5. The summed E-state index contributed by atoms with van der Waals surface area (Å²) in [4.78, 5) is 12.4. The van der Waals surface area contributed by atoms with Gasteiger partial charge in [0.05, 0.1) is 27.9 Å². The molecule has 1 spiro atoms. The molecule has 1 aliphatic heterocycles. The number of ketones is 1. The third-order valence-corrected chi connectivity index (χ3v) is 23.0. The zero-order valence-electron chi connectivity index (χ0n) is 12.7. The lowest BCUT2D eigenvalue weighted by molar-refractivity contribution is -0.119. The van der Waals surface area contributed by atoms with E-state index in [1.54, 1.807) is 0 Å². The van der Waals surface area contributed by atoms with Crippen LogP contribution in [0.3, 0.4) is 0 Å². The van der Waals surface area contributed by atoms with Crippen molar-refractivity contribution in [3.63, 3.8) is 0 Å². The van der Waals surface area contributed by atoms with Gasteiger partial charge in [-0.2, -0.15) is 10.2 Å². The maximum atomic E-state index is 12.4. The molecule has 2 atom stereocenters. The Hall–Kier alpha value is 0.424. The summed E-state index contributed by atoms with van der Waals surface area (Å²) in [5.74, 6) is 0.246. The first-order valence-electron chi connectivity index (χ1n) is 6.92. The average Bonchev–Trinajstić information content (AvgIpc) is 2.71. The summed E-state index contributed by atoms with van der Waals surface area (Å²) in [6.45, 7) is 14.0. The second-order valence-electron chi connectivity index (χ2n) is 7.75. The molecule has 0 aromatic rings. The van der Waals surface area contributed by atoms with Crippen molar-refractivity contribution in [3.05, 3.63) is 0 Å². The molecule has 2 rings (SSSR count). The zero-order chi connectivity index (χ0) is 14.7. The molecular formula is C12H24ClN2OPSi2. The molecule has 1 saturated carbocycles. The summed E-state index contributed by atoms with van der Waals surface area (Å²) in [6, 6.07) is 0. The van der Waals surface area contributed by atoms with Gasteiger partial charge in [-0.25, -0.2) is 0 Å². The van der Waals surface area contributed by atoms with Crippen molar-refractivity contribution in [2.24, 2.45) is 10.2 Å². The Bertz CT molecular complexity index is 430. The van der Waals surface area contributed by atoms with Gasteiger partial charge in [0.25, 0.3) is 0 Å². The highest BCUT2D eigenvalue weighted by Gasteiger charge is 2.69. The van der Waals surface area contributed by atoms with Crippen LogP contribution in [-0.2, 0) is 4.79 Å². The lowest BCUT2D eigenvalue weighted by Gasteiger charge is -2.49. The number of hydrogen-bond acceptors (Lipinski definition) is 3. The van der Waals surface area contributed by atoms with E-state index in [-0.39, 0.29) is 10.3 Å². The Morgan fingerprint density at radius 3 is 1.95 bits per heavy atom. The normalized spacial score (nSPS) is 34.5. The molecule has 0 aromatic carbocycles. The SMILES string of the molecule is C[Si](C)(C)C1([Si](C)(C)C)N=N[C@]2(CCCC2=O)[P@]1Cl. The van der Waals surface area contributed by atoms with E-state index in [2.05, 4.69) is 44.4 Å². The lowest BCUT2D eigenvalue weighted by atomic mass is 10.2. The third kappa shape index (κ3) is 1.95. The van der Waals surface area contributed by atoms with Gasteiger partial charge in [0.2, 0.25) is 0 Å². The first-order valence-corrected chi connectivity index (χ1v) is 16.2. The van der Waals surface area contributed by atoms with Crippen LogP contribution >= 0.6 is 18.5 Å². The van der Waals surface area contributed by atoms with Crippen LogP contribution in [0.5, 0.6) is 0 Å². The minimum atomic E-state index is -1.65. The van der Waals surface area contributed by atoms with Gasteiger partial charge in [-0.3, -0.25) is 4.79 Å². The van der Waals surface area contributed by atoms with Gasteiger partial charge >= 0.3 is 0 Å². The van der Waals surface area contributed by atoms with E-state index in [1.165, 1.54) is 0 Å². The molecule has 1 heterocycles. The van der Waals surface area contributed by atoms with Crippen LogP contribution in [0.25, 0.3) is 0 Å². The number of hydrogen-bond donors (Lipinski definition) is 0. The van der Waals surface area contributed by atoms with Crippen molar-refractivity contribution >= 4 is 40.4 Å². The Morgan fingerprint density at radius 1 is 1.11 bits per heavy atom. The molecule has 0 unspecified atom stereocenters. The van der Waals surface area contributed by atoms with Crippen LogP contribution < -0.4 is 0 Å². The van der Waals surface area contributed by atoms with Crippen molar-refractivity contribution in [2.75, 3.05) is 0 Å². The van der Waals surface area contributed by atoms with Crippen molar-refractivity contribution in [3.8, 4) is 0 Å². The lowest BCUT2D eigenvalue weighted by Crippen LogP contribution is -2.63. The largest absolute Gasteiger partial charge is 0.296 e. The molecule has 108 valence electrons. The number of rotatable bonds is 2. The molecule has 19 heavy (non-hydrogen) atoms. The molecule has 7 heteroatoms. The van der Waals surface area contributed by atoms with E-state index in [0.29, 0.717) is 6.42 Å². The molecule has 0 N–H and O–H groups in total. The van der Waals surface area contributed by atoms with Crippen LogP contribution in [0.1, 0.15) is 19.3 Å². The van der Waals surface area contributed by atoms with Gasteiger partial charge in [0.15, 0.2) is 11.1 Å². The Balaban J connectivity index is 2.57. The summed E-state index contributed by atoms with van der Waals surface area (Å²) >= 11 is 6.99. The number of nitrogens with zero attached hydrogens (tertiary/aromatic N) is 2. The highest BCUT2D eigenvalue weighted by Crippen LogP contribution is 2.76. The number of Topliss-reactive ketones (excluding diaryl/α,β-unsaturated/α-hetero) is 1. The molecule has 0 radical (unpaired) electrons.